The molecule has 0 spiro atoms. The lowest BCUT2D eigenvalue weighted by atomic mass is 10.0. The molecule has 2 heteroatoms. The third-order valence-electron chi connectivity index (χ3n) is 2.48. The Labute approximate surface area is 86.5 Å². The van der Waals surface area contributed by atoms with Gasteiger partial charge in [0.25, 0.3) is 0 Å². The minimum absolute atomic E-state index is 0.525. The van der Waals surface area contributed by atoms with Crippen LogP contribution in [0.15, 0.2) is 24.3 Å². The topological polar surface area (TPSA) is 38.0 Å². The van der Waals surface area contributed by atoms with E-state index in [1.54, 1.807) is 0 Å². The zero-order valence-electron chi connectivity index (χ0n) is 9.25. The van der Waals surface area contributed by atoms with Crippen LogP contribution in [0, 0.1) is 5.92 Å². The van der Waals surface area contributed by atoms with Gasteiger partial charge in [-0.3, -0.25) is 0 Å². The van der Waals surface area contributed by atoms with Crippen molar-refractivity contribution in [1.29, 1.82) is 0 Å². The van der Waals surface area contributed by atoms with E-state index in [2.05, 4.69) is 32.2 Å². The summed E-state index contributed by atoms with van der Waals surface area (Å²) in [5.74, 6) is 0.640. The van der Waals surface area contributed by atoms with Crippen molar-refractivity contribution in [3.8, 4) is 0 Å². The molecular weight excluding hydrogens is 172 g/mol. The second kappa shape index (κ2) is 4.89. The third kappa shape index (κ3) is 2.95. The fourth-order valence-corrected chi connectivity index (χ4v) is 1.58. The van der Waals surface area contributed by atoms with E-state index in [0.29, 0.717) is 12.0 Å². The highest BCUT2D eigenvalue weighted by molar-refractivity contribution is 5.54. The summed E-state index contributed by atoms with van der Waals surface area (Å²) in [5.41, 5.74) is 7.64. The Kier molecular flexibility index (Phi) is 3.81. The molecule has 0 amide bonds. The Morgan fingerprint density at radius 2 is 2.07 bits per heavy atom. The molecule has 0 aliphatic rings. The summed E-state index contributed by atoms with van der Waals surface area (Å²) in [5, 5.41) is 3.49. The number of hydrogen-bond acceptors (Lipinski definition) is 2. The summed E-state index contributed by atoms with van der Waals surface area (Å²) in [6.07, 6.45) is 1.13. The molecule has 0 aliphatic heterocycles. The Morgan fingerprint density at radius 1 is 1.36 bits per heavy atom. The number of nitrogen functional groups attached to an aromatic ring is 1. The quantitative estimate of drug-likeness (QED) is 0.719. The first-order chi connectivity index (χ1) is 6.63. The molecule has 0 saturated heterocycles. The number of rotatable bonds is 4. The summed E-state index contributed by atoms with van der Waals surface area (Å²) < 4.78 is 0. The van der Waals surface area contributed by atoms with Gasteiger partial charge in [-0.25, -0.2) is 0 Å². The van der Waals surface area contributed by atoms with Crippen molar-refractivity contribution in [3.63, 3.8) is 0 Å². The molecule has 0 fully saturated rings. The van der Waals surface area contributed by atoms with Gasteiger partial charge in [-0.2, -0.15) is 0 Å². The lowest BCUT2D eigenvalue weighted by Gasteiger charge is -2.22. The van der Waals surface area contributed by atoms with E-state index >= 15 is 0 Å². The van der Waals surface area contributed by atoms with Crippen molar-refractivity contribution in [2.45, 2.75) is 33.2 Å². The maximum absolute atomic E-state index is 5.71. The molecule has 3 N–H and O–H groups in total. The first kappa shape index (κ1) is 10.9. The Balaban J connectivity index is 2.67. The van der Waals surface area contributed by atoms with Crippen LogP contribution in [0.5, 0.6) is 0 Å². The predicted molar refractivity (Wildman–Crippen MR) is 63.4 cm³/mol. The number of benzene rings is 1. The van der Waals surface area contributed by atoms with Gasteiger partial charge in [0, 0.05) is 17.4 Å². The zero-order valence-corrected chi connectivity index (χ0v) is 9.25. The average molecular weight is 192 g/mol. The normalized spacial score (nSPS) is 12.9. The second-order valence-electron chi connectivity index (χ2n) is 4.03. The lowest BCUT2D eigenvalue weighted by molar-refractivity contribution is 0.511. The number of nitrogens with one attached hydrogen (secondary N) is 1. The van der Waals surface area contributed by atoms with E-state index in [9.17, 15) is 0 Å². The number of hydrogen-bond donors (Lipinski definition) is 2. The maximum Gasteiger partial charge on any atom is 0.0363 e. The molecule has 0 aromatic heterocycles. The first-order valence-electron chi connectivity index (χ1n) is 5.25. The molecule has 78 valence electrons. The van der Waals surface area contributed by atoms with Crippen LogP contribution >= 0.6 is 0 Å². The SMILES string of the molecule is CCC(Nc1cccc(N)c1)C(C)C. The van der Waals surface area contributed by atoms with Crippen LogP contribution < -0.4 is 11.1 Å². The summed E-state index contributed by atoms with van der Waals surface area (Å²) >= 11 is 0. The molecule has 0 bridgehead atoms. The summed E-state index contributed by atoms with van der Waals surface area (Å²) in [7, 11) is 0. The molecule has 0 heterocycles. The summed E-state index contributed by atoms with van der Waals surface area (Å²) in [6.45, 7) is 6.66. The van der Waals surface area contributed by atoms with E-state index in [-0.39, 0.29) is 0 Å². The van der Waals surface area contributed by atoms with E-state index in [4.69, 9.17) is 5.73 Å². The second-order valence-corrected chi connectivity index (χ2v) is 4.03. The molecule has 14 heavy (non-hydrogen) atoms. The molecule has 0 radical (unpaired) electrons. The van der Waals surface area contributed by atoms with Gasteiger partial charge in [0.1, 0.15) is 0 Å². The van der Waals surface area contributed by atoms with Crippen molar-refractivity contribution in [3.05, 3.63) is 24.3 Å². The van der Waals surface area contributed by atoms with Gasteiger partial charge >= 0.3 is 0 Å². The van der Waals surface area contributed by atoms with E-state index in [1.807, 2.05) is 18.2 Å². The fraction of sp³-hybridized carbons (Fsp3) is 0.500. The largest absolute Gasteiger partial charge is 0.399 e. The highest BCUT2D eigenvalue weighted by Gasteiger charge is 2.09. The molecule has 1 atom stereocenters. The van der Waals surface area contributed by atoms with Crippen LogP contribution in [-0.2, 0) is 0 Å². The van der Waals surface area contributed by atoms with Crippen LogP contribution in [0.25, 0.3) is 0 Å². The van der Waals surface area contributed by atoms with Gasteiger partial charge in [-0.15, -0.1) is 0 Å². The van der Waals surface area contributed by atoms with E-state index in [1.165, 1.54) is 0 Å². The van der Waals surface area contributed by atoms with Gasteiger partial charge in [-0.05, 0) is 30.5 Å². The molecule has 1 aromatic rings. The maximum atomic E-state index is 5.71. The lowest BCUT2D eigenvalue weighted by Crippen LogP contribution is -2.24. The molecule has 1 aromatic carbocycles. The van der Waals surface area contributed by atoms with Crippen molar-refractivity contribution >= 4 is 11.4 Å². The smallest absolute Gasteiger partial charge is 0.0363 e. The molecule has 1 rings (SSSR count). The van der Waals surface area contributed by atoms with E-state index < -0.39 is 0 Å². The fourth-order valence-electron chi connectivity index (χ4n) is 1.58. The summed E-state index contributed by atoms with van der Waals surface area (Å²) in [4.78, 5) is 0. The first-order valence-corrected chi connectivity index (χ1v) is 5.25. The molecule has 2 nitrogen and oxygen atoms in total. The van der Waals surface area contributed by atoms with Crippen LogP contribution in [0.4, 0.5) is 11.4 Å². The Bertz CT molecular complexity index is 281. The van der Waals surface area contributed by atoms with Crippen molar-refractivity contribution in [2.24, 2.45) is 5.92 Å². The van der Waals surface area contributed by atoms with E-state index in [0.717, 1.165) is 17.8 Å². The highest BCUT2D eigenvalue weighted by atomic mass is 14.9. The van der Waals surface area contributed by atoms with Gasteiger partial charge < -0.3 is 11.1 Å². The van der Waals surface area contributed by atoms with Crippen LogP contribution in [-0.4, -0.2) is 6.04 Å². The molecule has 0 saturated carbocycles. The van der Waals surface area contributed by atoms with Gasteiger partial charge in [0.15, 0.2) is 0 Å². The minimum Gasteiger partial charge on any atom is -0.399 e. The highest BCUT2D eigenvalue weighted by Crippen LogP contribution is 2.17. The van der Waals surface area contributed by atoms with Gasteiger partial charge in [0.05, 0.1) is 0 Å². The van der Waals surface area contributed by atoms with Crippen LogP contribution in [0.1, 0.15) is 27.2 Å². The van der Waals surface area contributed by atoms with Crippen molar-refractivity contribution in [1.82, 2.24) is 0 Å². The zero-order chi connectivity index (χ0) is 10.6. The monoisotopic (exact) mass is 192 g/mol. The molecule has 0 aliphatic carbocycles. The number of nitrogens with two attached hydrogens (primary N) is 1. The minimum atomic E-state index is 0.525. The molecule has 1 unspecified atom stereocenters. The standard InChI is InChI=1S/C12H20N2/c1-4-12(9(2)3)14-11-7-5-6-10(13)8-11/h5-9,12,14H,4,13H2,1-3H3. The average Bonchev–Trinajstić information content (AvgIpc) is 2.14. The predicted octanol–water partition coefficient (Wildman–Crippen LogP) is 3.12. The third-order valence-corrected chi connectivity index (χ3v) is 2.48. The van der Waals surface area contributed by atoms with Crippen LogP contribution in [0.2, 0.25) is 0 Å². The Hall–Kier alpha value is -1.18. The summed E-state index contributed by atoms with van der Waals surface area (Å²) in [6, 6.07) is 8.44. The number of anilines is 2. The Morgan fingerprint density at radius 3 is 2.57 bits per heavy atom. The van der Waals surface area contributed by atoms with Gasteiger partial charge in [-0.1, -0.05) is 26.8 Å². The van der Waals surface area contributed by atoms with Crippen molar-refractivity contribution < 1.29 is 0 Å². The van der Waals surface area contributed by atoms with Crippen molar-refractivity contribution in [2.75, 3.05) is 11.1 Å². The van der Waals surface area contributed by atoms with Crippen LogP contribution in [0.3, 0.4) is 0 Å². The molecular formula is C12H20N2. The van der Waals surface area contributed by atoms with Gasteiger partial charge in [0.2, 0.25) is 0 Å².